The summed E-state index contributed by atoms with van der Waals surface area (Å²) in [6.45, 7) is 2.82. The van der Waals surface area contributed by atoms with Crippen LogP contribution in [0.15, 0.2) is 48.5 Å². The van der Waals surface area contributed by atoms with Gasteiger partial charge in [0.1, 0.15) is 0 Å². The molecule has 1 amide bonds. The third kappa shape index (κ3) is 3.46. The van der Waals surface area contributed by atoms with Gasteiger partial charge in [0.15, 0.2) is 11.5 Å². The maximum absolute atomic E-state index is 12.8. The molecule has 1 saturated heterocycles. The highest BCUT2D eigenvalue weighted by atomic mass is 16.7. The number of rotatable bonds is 4. The van der Waals surface area contributed by atoms with Crippen molar-refractivity contribution in [2.75, 3.05) is 33.1 Å². The molecule has 1 unspecified atom stereocenters. The minimum atomic E-state index is -0.00829. The largest absolute Gasteiger partial charge is 0.454 e. The van der Waals surface area contributed by atoms with Crippen LogP contribution >= 0.6 is 0 Å². The Hall–Kier alpha value is -2.53. The molecule has 2 aliphatic heterocycles. The van der Waals surface area contributed by atoms with E-state index in [0.29, 0.717) is 32.7 Å². The van der Waals surface area contributed by atoms with Crippen molar-refractivity contribution in [3.05, 3.63) is 59.7 Å². The van der Waals surface area contributed by atoms with E-state index in [2.05, 4.69) is 12.1 Å². The minimum Gasteiger partial charge on any atom is -0.454 e. The zero-order valence-corrected chi connectivity index (χ0v) is 14.0. The van der Waals surface area contributed by atoms with E-state index in [9.17, 15) is 4.79 Å². The Balaban J connectivity index is 1.61. The van der Waals surface area contributed by atoms with Gasteiger partial charge < -0.3 is 19.1 Å². The molecular formula is C20H21NO4. The molecule has 0 aliphatic carbocycles. The van der Waals surface area contributed by atoms with E-state index >= 15 is 0 Å². The van der Waals surface area contributed by atoms with Crippen molar-refractivity contribution in [2.45, 2.75) is 12.3 Å². The average molecular weight is 339 g/mol. The van der Waals surface area contributed by atoms with Crippen LogP contribution in [0, 0.1) is 0 Å². The third-order valence-corrected chi connectivity index (χ3v) is 4.74. The molecule has 2 aromatic carbocycles. The summed E-state index contributed by atoms with van der Waals surface area (Å²) in [7, 11) is 0. The van der Waals surface area contributed by atoms with Gasteiger partial charge in [0.2, 0.25) is 12.7 Å². The molecule has 2 aliphatic rings. The normalized spacial score (nSPS) is 17.4. The highest BCUT2D eigenvalue weighted by Gasteiger charge is 2.25. The first kappa shape index (κ1) is 16.0. The Morgan fingerprint density at radius 2 is 1.72 bits per heavy atom. The maximum Gasteiger partial charge on any atom is 0.231 e. The van der Waals surface area contributed by atoms with E-state index in [4.69, 9.17) is 14.2 Å². The summed E-state index contributed by atoms with van der Waals surface area (Å²) >= 11 is 0. The lowest BCUT2D eigenvalue weighted by Crippen LogP contribution is -2.41. The number of hydrogen-bond acceptors (Lipinski definition) is 4. The molecule has 5 heteroatoms. The highest BCUT2D eigenvalue weighted by molar-refractivity contribution is 5.78. The number of morpholine rings is 1. The first-order chi connectivity index (χ1) is 12.3. The number of fused-ring (bicyclic) bond motifs is 1. The maximum atomic E-state index is 12.8. The van der Waals surface area contributed by atoms with Gasteiger partial charge in [-0.15, -0.1) is 0 Å². The first-order valence-corrected chi connectivity index (χ1v) is 8.61. The molecule has 0 aromatic heterocycles. The van der Waals surface area contributed by atoms with Crippen LogP contribution in [-0.2, 0) is 9.53 Å². The van der Waals surface area contributed by atoms with Gasteiger partial charge in [0.05, 0.1) is 13.2 Å². The summed E-state index contributed by atoms with van der Waals surface area (Å²) in [5, 5.41) is 0. The lowest BCUT2D eigenvalue weighted by molar-refractivity contribution is -0.135. The van der Waals surface area contributed by atoms with Crippen molar-refractivity contribution < 1.29 is 19.0 Å². The summed E-state index contributed by atoms with van der Waals surface area (Å²) in [5.41, 5.74) is 2.19. The first-order valence-electron chi connectivity index (χ1n) is 8.61. The molecule has 25 heavy (non-hydrogen) atoms. The molecule has 2 heterocycles. The lowest BCUT2D eigenvalue weighted by atomic mass is 9.88. The molecule has 130 valence electrons. The van der Waals surface area contributed by atoms with E-state index in [1.165, 1.54) is 0 Å². The van der Waals surface area contributed by atoms with E-state index in [0.717, 1.165) is 22.6 Å². The van der Waals surface area contributed by atoms with Crippen molar-refractivity contribution in [1.82, 2.24) is 4.90 Å². The molecule has 4 rings (SSSR count). The van der Waals surface area contributed by atoms with Gasteiger partial charge in [-0.05, 0) is 23.3 Å². The van der Waals surface area contributed by atoms with Gasteiger partial charge in [-0.2, -0.15) is 0 Å². The second-order valence-corrected chi connectivity index (χ2v) is 6.27. The zero-order chi connectivity index (χ0) is 17.1. The molecule has 1 atom stereocenters. The number of nitrogens with zero attached hydrogens (tertiary/aromatic N) is 1. The van der Waals surface area contributed by atoms with Crippen LogP contribution in [0.4, 0.5) is 0 Å². The van der Waals surface area contributed by atoms with E-state index in [1.807, 2.05) is 41.3 Å². The second kappa shape index (κ2) is 7.15. The van der Waals surface area contributed by atoms with Crippen molar-refractivity contribution >= 4 is 5.91 Å². The Morgan fingerprint density at radius 1 is 0.960 bits per heavy atom. The fourth-order valence-electron chi connectivity index (χ4n) is 3.36. The van der Waals surface area contributed by atoms with Crippen LogP contribution in [0.5, 0.6) is 11.5 Å². The number of carbonyl (C=O) groups excluding carboxylic acids is 1. The SMILES string of the molecule is O=C(CC(c1ccccc1)c1ccc2c(c1)OCO2)N1CCOCC1. The summed E-state index contributed by atoms with van der Waals surface area (Å²) in [6, 6.07) is 16.1. The van der Waals surface area contributed by atoms with Crippen LogP contribution in [0.1, 0.15) is 23.5 Å². The summed E-state index contributed by atoms with van der Waals surface area (Å²) in [6.07, 6.45) is 0.434. The molecule has 5 nitrogen and oxygen atoms in total. The number of hydrogen-bond donors (Lipinski definition) is 0. The van der Waals surface area contributed by atoms with Gasteiger partial charge in [-0.25, -0.2) is 0 Å². The van der Waals surface area contributed by atoms with Crippen LogP contribution < -0.4 is 9.47 Å². The quantitative estimate of drug-likeness (QED) is 0.859. The number of amides is 1. The molecular weight excluding hydrogens is 318 g/mol. The number of benzene rings is 2. The van der Waals surface area contributed by atoms with E-state index < -0.39 is 0 Å². The monoisotopic (exact) mass is 339 g/mol. The molecule has 1 fully saturated rings. The number of carbonyl (C=O) groups is 1. The van der Waals surface area contributed by atoms with Crippen LogP contribution in [0.25, 0.3) is 0 Å². The summed E-state index contributed by atoms with van der Waals surface area (Å²) in [4.78, 5) is 14.7. The predicted octanol–water partition coefficient (Wildman–Crippen LogP) is 2.80. The molecule has 0 saturated carbocycles. The predicted molar refractivity (Wildman–Crippen MR) is 92.9 cm³/mol. The fraction of sp³-hybridized carbons (Fsp3) is 0.350. The lowest BCUT2D eigenvalue weighted by Gasteiger charge is -2.29. The smallest absolute Gasteiger partial charge is 0.231 e. The molecule has 0 N–H and O–H groups in total. The van der Waals surface area contributed by atoms with Gasteiger partial charge in [0, 0.05) is 25.4 Å². The Kier molecular flexibility index (Phi) is 4.57. The standard InChI is InChI=1S/C20H21NO4/c22-20(21-8-10-23-11-9-21)13-17(15-4-2-1-3-5-15)16-6-7-18-19(12-16)25-14-24-18/h1-7,12,17H,8-11,13-14H2. The van der Waals surface area contributed by atoms with Crippen molar-refractivity contribution in [3.8, 4) is 11.5 Å². The van der Waals surface area contributed by atoms with Crippen molar-refractivity contribution in [3.63, 3.8) is 0 Å². The Morgan fingerprint density at radius 3 is 2.52 bits per heavy atom. The van der Waals surface area contributed by atoms with Gasteiger partial charge in [-0.3, -0.25) is 4.79 Å². The highest BCUT2D eigenvalue weighted by Crippen LogP contribution is 2.37. The van der Waals surface area contributed by atoms with Crippen LogP contribution in [0.2, 0.25) is 0 Å². The van der Waals surface area contributed by atoms with Crippen molar-refractivity contribution in [1.29, 1.82) is 0 Å². The van der Waals surface area contributed by atoms with Gasteiger partial charge in [0.25, 0.3) is 0 Å². The molecule has 0 bridgehead atoms. The van der Waals surface area contributed by atoms with Gasteiger partial charge in [-0.1, -0.05) is 36.4 Å². The average Bonchev–Trinajstić information content (AvgIpc) is 3.15. The number of ether oxygens (including phenoxy) is 3. The molecule has 2 aromatic rings. The Labute approximate surface area is 147 Å². The second-order valence-electron chi connectivity index (χ2n) is 6.27. The van der Waals surface area contributed by atoms with Gasteiger partial charge >= 0.3 is 0 Å². The summed E-state index contributed by atoms with van der Waals surface area (Å²) in [5.74, 6) is 1.66. The third-order valence-electron chi connectivity index (χ3n) is 4.74. The van der Waals surface area contributed by atoms with E-state index in [1.54, 1.807) is 0 Å². The minimum absolute atomic E-state index is 0.00829. The topological polar surface area (TPSA) is 48.0 Å². The molecule has 0 radical (unpaired) electrons. The molecule has 0 spiro atoms. The van der Waals surface area contributed by atoms with Crippen molar-refractivity contribution in [2.24, 2.45) is 0 Å². The van der Waals surface area contributed by atoms with Crippen LogP contribution in [0.3, 0.4) is 0 Å². The summed E-state index contributed by atoms with van der Waals surface area (Å²) < 4.78 is 16.3. The van der Waals surface area contributed by atoms with Crippen LogP contribution in [-0.4, -0.2) is 43.9 Å². The Bertz CT molecular complexity index is 741. The van der Waals surface area contributed by atoms with E-state index in [-0.39, 0.29) is 18.6 Å². The zero-order valence-electron chi connectivity index (χ0n) is 14.0. The fourth-order valence-corrected chi connectivity index (χ4v) is 3.36.